The number of amides is 1. The number of ether oxygens (including phenoxy) is 2. The van der Waals surface area contributed by atoms with Crippen LogP contribution in [0.25, 0.3) is 0 Å². The third-order valence-electron chi connectivity index (χ3n) is 3.87. The highest BCUT2D eigenvalue weighted by Crippen LogP contribution is 2.32. The minimum absolute atomic E-state index is 0.231. The minimum Gasteiger partial charge on any atom is -0.486 e. The van der Waals surface area contributed by atoms with Gasteiger partial charge in [-0.2, -0.15) is 0 Å². The molecule has 2 N–H and O–H groups in total. The van der Waals surface area contributed by atoms with Gasteiger partial charge in [0.05, 0.1) is 0 Å². The van der Waals surface area contributed by atoms with Gasteiger partial charge >= 0.3 is 0 Å². The molecule has 0 unspecified atom stereocenters. The maximum atomic E-state index is 12.3. The first kappa shape index (κ1) is 17.2. The summed E-state index contributed by atoms with van der Waals surface area (Å²) in [5.41, 5.74) is 2.48. The molecule has 0 saturated carbocycles. The van der Waals surface area contributed by atoms with Crippen LogP contribution in [-0.2, 0) is 0 Å². The van der Waals surface area contributed by atoms with Crippen molar-refractivity contribution in [3.8, 4) is 11.5 Å². The number of rotatable bonds is 3. The normalized spacial score (nSPS) is 12.6. The molecule has 0 spiro atoms. The van der Waals surface area contributed by atoms with Crippen LogP contribution in [0.2, 0.25) is 0 Å². The molecule has 1 aliphatic rings. The molecule has 2 aromatic carbocycles. The van der Waals surface area contributed by atoms with Crippen LogP contribution in [0.1, 0.15) is 35.7 Å². The van der Waals surface area contributed by atoms with Gasteiger partial charge in [0.15, 0.2) is 16.6 Å². The quantitative estimate of drug-likeness (QED) is 0.821. The van der Waals surface area contributed by atoms with E-state index < -0.39 is 0 Å². The summed E-state index contributed by atoms with van der Waals surface area (Å²) in [5, 5.41) is 5.90. The fraction of sp³-hybridized carbons (Fsp3) is 0.263. The first-order valence-electron chi connectivity index (χ1n) is 8.15. The predicted octanol–water partition coefficient (Wildman–Crippen LogP) is 3.71. The number of nitrogens with one attached hydrogen (secondary N) is 2. The standard InChI is InChI=1S/C19H20N2O3S/c1-12(2)13-3-5-14(6-4-13)18(22)21-19(25)20-15-7-8-16-17(11-15)24-10-9-23-16/h3-8,11-12H,9-10H2,1-2H3,(H2,20,21,22,25). The van der Waals surface area contributed by atoms with Gasteiger partial charge < -0.3 is 14.8 Å². The Hall–Kier alpha value is -2.60. The lowest BCUT2D eigenvalue weighted by Crippen LogP contribution is -2.34. The van der Waals surface area contributed by atoms with Crippen molar-refractivity contribution in [1.82, 2.24) is 5.32 Å². The Balaban J connectivity index is 1.61. The van der Waals surface area contributed by atoms with E-state index in [1.165, 1.54) is 5.56 Å². The van der Waals surface area contributed by atoms with Crippen LogP contribution in [0.5, 0.6) is 11.5 Å². The highest BCUT2D eigenvalue weighted by molar-refractivity contribution is 7.80. The van der Waals surface area contributed by atoms with E-state index in [2.05, 4.69) is 24.5 Å². The molecule has 1 aliphatic heterocycles. The third kappa shape index (κ3) is 4.28. The number of thiocarbonyl (C=S) groups is 1. The topological polar surface area (TPSA) is 59.6 Å². The van der Waals surface area contributed by atoms with E-state index in [9.17, 15) is 4.79 Å². The summed E-state index contributed by atoms with van der Waals surface area (Å²) in [6, 6.07) is 12.9. The van der Waals surface area contributed by atoms with Gasteiger partial charge in [0.2, 0.25) is 0 Å². The van der Waals surface area contributed by atoms with Crippen LogP contribution in [-0.4, -0.2) is 24.2 Å². The summed E-state index contributed by atoms with van der Waals surface area (Å²) in [5.74, 6) is 1.55. The van der Waals surface area contributed by atoms with Crippen molar-refractivity contribution in [1.29, 1.82) is 0 Å². The van der Waals surface area contributed by atoms with Crippen LogP contribution >= 0.6 is 12.2 Å². The molecule has 0 aromatic heterocycles. The first-order chi connectivity index (χ1) is 12.0. The Bertz CT molecular complexity index is 788. The molecular weight excluding hydrogens is 336 g/mol. The van der Waals surface area contributed by atoms with E-state index in [0.29, 0.717) is 36.2 Å². The van der Waals surface area contributed by atoms with E-state index in [4.69, 9.17) is 21.7 Å². The largest absolute Gasteiger partial charge is 0.486 e. The zero-order chi connectivity index (χ0) is 17.8. The van der Waals surface area contributed by atoms with Crippen LogP contribution < -0.4 is 20.1 Å². The van der Waals surface area contributed by atoms with Crippen molar-refractivity contribution in [3.05, 3.63) is 53.6 Å². The van der Waals surface area contributed by atoms with Gasteiger partial charge in [0.1, 0.15) is 13.2 Å². The number of fused-ring (bicyclic) bond motifs is 1. The second-order valence-corrected chi connectivity index (χ2v) is 6.45. The summed E-state index contributed by atoms with van der Waals surface area (Å²) in [6.07, 6.45) is 0. The molecule has 5 nitrogen and oxygen atoms in total. The summed E-state index contributed by atoms with van der Waals surface area (Å²) < 4.78 is 11.0. The number of benzene rings is 2. The molecule has 0 aliphatic carbocycles. The lowest BCUT2D eigenvalue weighted by Gasteiger charge is -2.19. The summed E-state index contributed by atoms with van der Waals surface area (Å²) in [7, 11) is 0. The van der Waals surface area contributed by atoms with E-state index in [1.807, 2.05) is 24.3 Å². The van der Waals surface area contributed by atoms with Gasteiger partial charge in [0, 0.05) is 17.3 Å². The Morgan fingerprint density at radius 2 is 1.72 bits per heavy atom. The molecule has 2 aromatic rings. The van der Waals surface area contributed by atoms with E-state index in [0.717, 1.165) is 5.69 Å². The van der Waals surface area contributed by atoms with Gasteiger partial charge in [0.25, 0.3) is 5.91 Å². The number of anilines is 1. The van der Waals surface area contributed by atoms with E-state index in [-0.39, 0.29) is 11.0 Å². The average molecular weight is 356 g/mol. The molecule has 6 heteroatoms. The Labute approximate surface area is 152 Å². The SMILES string of the molecule is CC(C)c1ccc(C(=O)NC(=S)Nc2ccc3c(c2)OCCO3)cc1. The van der Waals surface area contributed by atoms with Crippen molar-refractivity contribution < 1.29 is 14.3 Å². The Morgan fingerprint density at radius 3 is 2.40 bits per heavy atom. The molecule has 0 radical (unpaired) electrons. The van der Waals surface area contributed by atoms with E-state index >= 15 is 0 Å². The molecule has 130 valence electrons. The molecule has 1 amide bonds. The van der Waals surface area contributed by atoms with Gasteiger partial charge in [-0.25, -0.2) is 0 Å². The molecule has 0 atom stereocenters. The fourth-order valence-electron chi connectivity index (χ4n) is 2.48. The average Bonchev–Trinajstić information content (AvgIpc) is 2.61. The van der Waals surface area contributed by atoms with E-state index in [1.54, 1.807) is 18.2 Å². The molecule has 0 fully saturated rings. The predicted molar refractivity (Wildman–Crippen MR) is 102 cm³/mol. The lowest BCUT2D eigenvalue weighted by molar-refractivity contribution is 0.0977. The minimum atomic E-state index is -0.245. The molecule has 1 heterocycles. The maximum Gasteiger partial charge on any atom is 0.257 e. The van der Waals surface area contributed by atoms with Gasteiger partial charge in [-0.05, 0) is 48.0 Å². The van der Waals surface area contributed by atoms with Crippen molar-refractivity contribution in [2.24, 2.45) is 0 Å². The van der Waals surface area contributed by atoms with Gasteiger partial charge in [-0.1, -0.05) is 26.0 Å². The maximum absolute atomic E-state index is 12.3. The molecule has 3 rings (SSSR count). The lowest BCUT2D eigenvalue weighted by atomic mass is 10.0. The van der Waals surface area contributed by atoms with Crippen molar-refractivity contribution >= 4 is 28.9 Å². The second kappa shape index (κ2) is 7.53. The number of hydrogen-bond acceptors (Lipinski definition) is 4. The summed E-state index contributed by atoms with van der Waals surface area (Å²) >= 11 is 5.22. The summed E-state index contributed by atoms with van der Waals surface area (Å²) in [6.45, 7) is 5.29. The van der Waals surface area contributed by atoms with Crippen LogP contribution in [0, 0.1) is 0 Å². The van der Waals surface area contributed by atoms with Crippen LogP contribution in [0.3, 0.4) is 0 Å². The summed E-state index contributed by atoms with van der Waals surface area (Å²) in [4.78, 5) is 12.3. The fourth-order valence-corrected chi connectivity index (χ4v) is 2.69. The van der Waals surface area contributed by atoms with Crippen LogP contribution in [0.15, 0.2) is 42.5 Å². The number of carbonyl (C=O) groups excluding carboxylic acids is 1. The highest BCUT2D eigenvalue weighted by atomic mass is 32.1. The number of carbonyl (C=O) groups is 1. The van der Waals surface area contributed by atoms with Crippen molar-refractivity contribution in [3.63, 3.8) is 0 Å². The molecule has 0 bridgehead atoms. The van der Waals surface area contributed by atoms with Crippen molar-refractivity contribution in [2.75, 3.05) is 18.5 Å². The zero-order valence-electron chi connectivity index (χ0n) is 14.2. The van der Waals surface area contributed by atoms with Crippen LogP contribution in [0.4, 0.5) is 5.69 Å². The Kier molecular flexibility index (Phi) is 5.19. The van der Waals surface area contributed by atoms with Gasteiger partial charge in [-0.15, -0.1) is 0 Å². The molecular formula is C19H20N2O3S. The Morgan fingerprint density at radius 1 is 1.04 bits per heavy atom. The zero-order valence-corrected chi connectivity index (χ0v) is 15.0. The first-order valence-corrected chi connectivity index (χ1v) is 8.55. The molecule has 25 heavy (non-hydrogen) atoms. The van der Waals surface area contributed by atoms with Gasteiger partial charge in [-0.3, -0.25) is 10.1 Å². The number of hydrogen-bond donors (Lipinski definition) is 2. The second-order valence-electron chi connectivity index (χ2n) is 6.04. The third-order valence-corrected chi connectivity index (χ3v) is 4.07. The van der Waals surface area contributed by atoms with Crippen molar-refractivity contribution in [2.45, 2.75) is 19.8 Å². The smallest absolute Gasteiger partial charge is 0.257 e. The highest BCUT2D eigenvalue weighted by Gasteiger charge is 2.13. The molecule has 0 saturated heterocycles. The monoisotopic (exact) mass is 356 g/mol.